The topological polar surface area (TPSA) is 107 Å². The molecule has 1 saturated heterocycles. The Hall–Kier alpha value is -4.17. The third kappa shape index (κ3) is 6.49. The van der Waals surface area contributed by atoms with Crippen LogP contribution in [0.5, 0.6) is 0 Å². The first-order chi connectivity index (χ1) is 20.5. The Morgan fingerprint density at radius 2 is 1.64 bits per heavy atom. The van der Waals surface area contributed by atoms with Crippen LogP contribution in [0, 0.1) is 0 Å². The zero-order chi connectivity index (χ0) is 28.9. The summed E-state index contributed by atoms with van der Waals surface area (Å²) in [6.07, 6.45) is 1.89. The quantitative estimate of drug-likeness (QED) is 0.149. The molecule has 0 aliphatic carbocycles. The number of fused-ring (bicyclic) bond motifs is 1. The van der Waals surface area contributed by atoms with E-state index in [2.05, 4.69) is 67.6 Å². The van der Waals surface area contributed by atoms with Crippen LogP contribution in [0.2, 0.25) is 0 Å². The molecule has 0 unspecified atom stereocenters. The van der Waals surface area contributed by atoms with Gasteiger partial charge < -0.3 is 5.32 Å². The number of carbonyl (C=O) groups excluding carboxylic acids is 1. The maximum absolute atomic E-state index is 13.1. The van der Waals surface area contributed by atoms with Gasteiger partial charge in [-0.25, -0.2) is 4.98 Å². The second-order valence-corrected chi connectivity index (χ2v) is 14.4. The molecule has 0 spiro atoms. The number of nitrogens with one attached hydrogen (secondary N) is 5. The van der Waals surface area contributed by atoms with Crippen LogP contribution in [-0.2, 0) is 13.1 Å². The SMILES string of the molecule is CC(C)c1cnn2c(NCc3ccccc3)cc(NCc3cccc(C(=O)Nc4ccc([As]5NCCN5)cc4)c3)nc12. The van der Waals surface area contributed by atoms with Gasteiger partial charge in [-0.1, -0.05) is 44.2 Å². The molecule has 1 aliphatic heterocycles. The third-order valence-electron chi connectivity index (χ3n) is 7.15. The van der Waals surface area contributed by atoms with Crippen molar-refractivity contribution in [3.05, 3.63) is 113 Å². The summed E-state index contributed by atoms with van der Waals surface area (Å²) >= 11 is -1.34. The number of hydrogen-bond donors (Lipinski definition) is 5. The van der Waals surface area contributed by atoms with Gasteiger partial charge in [-0.05, 0) is 11.5 Å². The van der Waals surface area contributed by atoms with Crippen LogP contribution < -0.4 is 28.8 Å². The number of rotatable bonds is 10. The summed E-state index contributed by atoms with van der Waals surface area (Å²) in [6, 6.07) is 28.1. The van der Waals surface area contributed by atoms with E-state index in [1.54, 1.807) is 0 Å². The van der Waals surface area contributed by atoms with Crippen LogP contribution in [0.3, 0.4) is 0 Å². The molecule has 5 N–H and O–H groups in total. The summed E-state index contributed by atoms with van der Waals surface area (Å²) in [4.78, 5) is 18.0. The van der Waals surface area contributed by atoms with E-state index < -0.39 is 15.1 Å². The molecule has 42 heavy (non-hydrogen) atoms. The summed E-state index contributed by atoms with van der Waals surface area (Å²) in [5.74, 6) is 1.76. The van der Waals surface area contributed by atoms with Gasteiger partial charge in [-0.2, -0.15) is 9.61 Å². The smallest absolute Gasteiger partial charge is 0.163 e. The predicted octanol–water partition coefficient (Wildman–Crippen LogP) is 4.22. The summed E-state index contributed by atoms with van der Waals surface area (Å²) < 4.78 is 10.3. The number of amides is 1. The van der Waals surface area contributed by atoms with Crippen molar-refractivity contribution in [2.45, 2.75) is 32.9 Å². The Kier molecular flexibility index (Phi) is 8.51. The fourth-order valence-corrected chi connectivity index (χ4v) is 8.22. The van der Waals surface area contributed by atoms with E-state index in [0.717, 1.165) is 47.2 Å². The monoisotopic (exact) mass is 622 g/mol. The van der Waals surface area contributed by atoms with E-state index in [1.807, 2.05) is 71.4 Å². The minimum absolute atomic E-state index is 0.132. The molecule has 1 aliphatic rings. The zero-order valence-electron chi connectivity index (χ0n) is 23.8. The average molecular weight is 623 g/mol. The average Bonchev–Trinajstić information content (AvgIpc) is 3.71. The number of carbonyl (C=O) groups is 1. The Labute approximate surface area is 250 Å². The minimum Gasteiger partial charge on any atom is -0.211 e. The summed E-state index contributed by atoms with van der Waals surface area (Å²) in [5, 5.41) is 14.6. The van der Waals surface area contributed by atoms with Crippen LogP contribution in [0.4, 0.5) is 17.3 Å². The Balaban J connectivity index is 1.15. The van der Waals surface area contributed by atoms with Crippen LogP contribution in [-0.4, -0.2) is 48.7 Å². The normalized spacial score (nSPS) is 13.5. The molecule has 0 bridgehead atoms. The maximum atomic E-state index is 13.1. The van der Waals surface area contributed by atoms with Crippen LogP contribution in [0.1, 0.15) is 46.8 Å². The molecule has 1 fully saturated rings. The van der Waals surface area contributed by atoms with Crippen LogP contribution in [0.15, 0.2) is 91.1 Å². The second-order valence-electron chi connectivity index (χ2n) is 10.6. The molecule has 1 amide bonds. The molecule has 214 valence electrons. The summed E-state index contributed by atoms with van der Waals surface area (Å²) in [6.45, 7) is 7.52. The van der Waals surface area contributed by atoms with E-state index in [4.69, 9.17) is 4.98 Å². The molecule has 0 atom stereocenters. The fraction of sp³-hybridized carbons (Fsp3) is 0.219. The number of aromatic nitrogens is 3. The molecule has 0 radical (unpaired) electrons. The van der Waals surface area contributed by atoms with Crippen molar-refractivity contribution in [1.29, 1.82) is 0 Å². The molecule has 2 aromatic heterocycles. The molecule has 3 aromatic carbocycles. The summed E-state index contributed by atoms with van der Waals surface area (Å²) in [5.41, 5.74) is 5.48. The Morgan fingerprint density at radius 3 is 2.40 bits per heavy atom. The molecular weight excluding hydrogens is 587 g/mol. The van der Waals surface area contributed by atoms with Gasteiger partial charge >= 0.3 is 140 Å². The number of hydrogen-bond acceptors (Lipinski definition) is 7. The van der Waals surface area contributed by atoms with Gasteiger partial charge in [0.2, 0.25) is 0 Å². The molecule has 0 saturated carbocycles. The van der Waals surface area contributed by atoms with Crippen molar-refractivity contribution in [1.82, 2.24) is 23.1 Å². The first-order valence-corrected chi connectivity index (χ1v) is 17.0. The first kappa shape index (κ1) is 28.0. The number of benzene rings is 3. The van der Waals surface area contributed by atoms with Crippen LogP contribution in [0.25, 0.3) is 5.65 Å². The Morgan fingerprint density at radius 1 is 0.905 bits per heavy atom. The maximum Gasteiger partial charge on any atom is 0.163 e. The van der Waals surface area contributed by atoms with Gasteiger partial charge in [0.1, 0.15) is 5.82 Å². The number of anilines is 3. The van der Waals surface area contributed by atoms with Crippen molar-refractivity contribution in [2.75, 3.05) is 29.0 Å². The molecule has 5 aromatic rings. The van der Waals surface area contributed by atoms with Crippen molar-refractivity contribution in [3.63, 3.8) is 0 Å². The first-order valence-electron chi connectivity index (χ1n) is 14.2. The van der Waals surface area contributed by atoms with Gasteiger partial charge in [-0.15, -0.1) is 0 Å². The largest absolute Gasteiger partial charge is 0.211 e. The van der Waals surface area contributed by atoms with E-state index in [1.165, 1.54) is 9.91 Å². The Bertz CT molecular complexity index is 1660. The van der Waals surface area contributed by atoms with Gasteiger partial charge in [0.15, 0.2) is 5.65 Å². The molecule has 10 heteroatoms. The molecule has 6 rings (SSSR count). The van der Waals surface area contributed by atoms with E-state index in [-0.39, 0.29) is 11.8 Å². The van der Waals surface area contributed by atoms with Crippen molar-refractivity contribution in [2.24, 2.45) is 0 Å². The van der Waals surface area contributed by atoms with Crippen LogP contribution >= 0.6 is 0 Å². The molecule has 9 nitrogen and oxygen atoms in total. The van der Waals surface area contributed by atoms with Gasteiger partial charge in [0.25, 0.3) is 0 Å². The fourth-order valence-electron chi connectivity index (χ4n) is 4.88. The van der Waals surface area contributed by atoms with E-state index in [9.17, 15) is 4.79 Å². The molecular formula is C32H35AsN8O. The van der Waals surface area contributed by atoms with Crippen molar-refractivity contribution in [3.8, 4) is 0 Å². The third-order valence-corrected chi connectivity index (χ3v) is 11.1. The van der Waals surface area contributed by atoms with Gasteiger partial charge in [0.05, 0.1) is 6.20 Å². The summed E-state index contributed by atoms with van der Waals surface area (Å²) in [7, 11) is 0. The standard InChI is InChI=1S/C32H35AsN8O/c1-22(2)28-21-38-41-30(35-19-23-7-4-3-5-8-23)18-29(40-31(28)41)34-20-24-9-6-10-25(17-24)32(42)39-27-13-11-26(12-14-27)33-36-15-16-37-33/h3-14,17-18,21-22,35-37H,15-16,19-20H2,1-2H3,(H,34,40)(H,39,42). The second kappa shape index (κ2) is 12.8. The predicted molar refractivity (Wildman–Crippen MR) is 170 cm³/mol. The van der Waals surface area contributed by atoms with Gasteiger partial charge in [0, 0.05) is 18.2 Å². The van der Waals surface area contributed by atoms with Crippen molar-refractivity contribution < 1.29 is 4.79 Å². The minimum atomic E-state index is -1.34. The van der Waals surface area contributed by atoms with E-state index in [0.29, 0.717) is 18.7 Å². The van der Waals surface area contributed by atoms with Crippen molar-refractivity contribution >= 4 is 48.3 Å². The number of nitrogens with zero attached hydrogens (tertiary/aromatic N) is 3. The molecule has 3 heterocycles. The zero-order valence-corrected chi connectivity index (χ0v) is 25.6. The van der Waals surface area contributed by atoms with E-state index >= 15 is 0 Å². The van der Waals surface area contributed by atoms with Gasteiger partial charge in [-0.3, -0.25) is 0 Å².